The Morgan fingerprint density at radius 2 is 0.952 bits per heavy atom. The fourth-order valence-electron chi connectivity index (χ4n) is 10.2. The van der Waals surface area contributed by atoms with Crippen LogP contribution in [0, 0.1) is 0 Å². The number of fused-ring (bicyclic) bond motifs is 6. The predicted octanol–water partition coefficient (Wildman–Crippen LogP) is 13.3. The molecule has 4 nitrogen and oxygen atoms in total. The smallest absolute Gasteiger partial charge is 0.309 e. The van der Waals surface area contributed by atoms with Crippen LogP contribution in [0.4, 0.5) is 0 Å². The number of para-hydroxylation sites is 2. The molecule has 62 heavy (non-hydrogen) atoms. The molecule has 0 radical (unpaired) electrons. The molecular weight excluding hydrogens is 753 g/mol. The highest BCUT2D eigenvalue weighted by atomic mass is 15.0. The summed E-state index contributed by atoms with van der Waals surface area (Å²) in [5.41, 5.74) is 16.0. The topological polar surface area (TPSA) is 44.9 Å². The van der Waals surface area contributed by atoms with E-state index in [1.165, 1.54) is 66.3 Å². The van der Waals surface area contributed by atoms with Gasteiger partial charge in [-0.15, -0.1) is 0 Å². The molecule has 0 atom stereocenters. The van der Waals surface area contributed by atoms with Crippen molar-refractivity contribution in [2.24, 2.45) is 0 Å². The molecule has 2 aliphatic rings. The van der Waals surface area contributed by atoms with Crippen molar-refractivity contribution in [1.82, 2.24) is 14.5 Å². The fourth-order valence-corrected chi connectivity index (χ4v) is 10.2. The molecule has 0 saturated carbocycles. The van der Waals surface area contributed by atoms with Crippen LogP contribution in [0.3, 0.4) is 0 Å². The summed E-state index contributed by atoms with van der Waals surface area (Å²) >= 11 is 0. The van der Waals surface area contributed by atoms with E-state index in [4.69, 9.17) is 9.97 Å². The lowest BCUT2D eigenvalue weighted by Crippen LogP contribution is -2.28. The number of hydrogen-bond acceptors (Lipinski definition) is 2. The number of nitrogens with zero attached hydrogens (tertiary/aromatic N) is 3. The summed E-state index contributed by atoms with van der Waals surface area (Å²) in [5.74, 6) is 2.31. The third kappa shape index (κ3) is 5.64. The first-order valence-corrected chi connectivity index (χ1v) is 21.5. The monoisotopic (exact) mass is 793 g/mol. The zero-order chi connectivity index (χ0) is 41.0. The van der Waals surface area contributed by atoms with Crippen molar-refractivity contribution in [3.8, 4) is 39.6 Å². The first-order chi connectivity index (χ1) is 30.8. The molecule has 8 aromatic carbocycles. The van der Waals surface area contributed by atoms with Gasteiger partial charge in [-0.25, -0.2) is 4.98 Å². The average Bonchev–Trinajstić information content (AvgIpc) is 3.86. The maximum Gasteiger partial charge on any atom is 0.309 e. The standard InChI is InChI=1S/C58H40N4/c1-4-17-39(18-5-1)40-31-33-41(34-32-40)55-59-56(42-35-37-45(38-36-42)62-52-29-14-11-23-46(52)47-24-12-15-30-53(47)62)61-57(60-55)49-26-16-28-51-54(49)48-25-10-13-27-50(48)58(51,43-19-6-2-7-20-43)44-21-8-3-9-22-44/h1-31,33,35-38H,32,34H2/p+1. The summed E-state index contributed by atoms with van der Waals surface area (Å²) in [6.07, 6.45) is 6.29. The van der Waals surface area contributed by atoms with E-state index >= 15 is 0 Å². The lowest BCUT2D eigenvalue weighted by Gasteiger charge is -2.33. The second-order valence-corrected chi connectivity index (χ2v) is 16.3. The van der Waals surface area contributed by atoms with Gasteiger partial charge in [0.1, 0.15) is 0 Å². The molecule has 1 N–H and O–H groups in total. The Labute approximate surface area is 360 Å². The highest BCUT2D eigenvalue weighted by Crippen LogP contribution is 2.58. The lowest BCUT2D eigenvalue weighted by molar-refractivity contribution is -0.377. The first-order valence-electron chi connectivity index (χ1n) is 21.5. The van der Waals surface area contributed by atoms with E-state index in [1.54, 1.807) is 0 Å². The molecule has 2 aliphatic carbocycles. The molecule has 2 aromatic heterocycles. The first kappa shape index (κ1) is 35.9. The van der Waals surface area contributed by atoms with Crippen LogP contribution in [0.25, 0.3) is 72.5 Å². The van der Waals surface area contributed by atoms with Crippen molar-refractivity contribution in [1.29, 1.82) is 0 Å². The Morgan fingerprint density at radius 3 is 1.61 bits per heavy atom. The van der Waals surface area contributed by atoms with E-state index in [1.807, 2.05) is 0 Å². The van der Waals surface area contributed by atoms with E-state index in [9.17, 15) is 0 Å². The predicted molar refractivity (Wildman–Crippen MR) is 253 cm³/mol. The number of H-pyrrole nitrogens is 1. The molecule has 12 rings (SSSR count). The van der Waals surface area contributed by atoms with Crippen LogP contribution < -0.4 is 4.98 Å². The van der Waals surface area contributed by atoms with E-state index < -0.39 is 5.41 Å². The number of allylic oxidation sites excluding steroid dienone is 4. The Morgan fingerprint density at radius 1 is 0.419 bits per heavy atom. The number of benzene rings is 8. The molecule has 0 fully saturated rings. The minimum atomic E-state index is -0.524. The van der Waals surface area contributed by atoms with E-state index in [0.717, 1.165) is 46.9 Å². The molecule has 0 bridgehead atoms. The van der Waals surface area contributed by atoms with Crippen LogP contribution in [0.1, 0.15) is 46.5 Å². The largest absolute Gasteiger partial charge is 0.309 e. The minimum Gasteiger partial charge on any atom is -0.309 e. The number of hydrogen-bond donors (Lipinski definition) is 0. The summed E-state index contributed by atoms with van der Waals surface area (Å²) in [7, 11) is 0. The van der Waals surface area contributed by atoms with Crippen LogP contribution in [0.5, 0.6) is 0 Å². The van der Waals surface area contributed by atoms with Crippen molar-refractivity contribution in [3.05, 3.63) is 252 Å². The van der Waals surface area contributed by atoms with Gasteiger partial charge in [0.25, 0.3) is 11.6 Å². The van der Waals surface area contributed by atoms with Crippen molar-refractivity contribution >= 4 is 33.0 Å². The van der Waals surface area contributed by atoms with Gasteiger partial charge in [0.05, 0.1) is 27.6 Å². The Hall–Kier alpha value is -7.95. The molecule has 292 valence electrons. The van der Waals surface area contributed by atoms with Gasteiger partial charge in [0.2, 0.25) is 0 Å². The summed E-state index contributed by atoms with van der Waals surface area (Å²) in [6.45, 7) is 0. The van der Waals surface area contributed by atoms with Crippen molar-refractivity contribution < 1.29 is 4.98 Å². The maximum absolute atomic E-state index is 5.45. The summed E-state index contributed by atoms with van der Waals surface area (Å²) in [5, 5.41) is 2.49. The Kier molecular flexibility index (Phi) is 8.49. The van der Waals surface area contributed by atoms with E-state index in [-0.39, 0.29) is 0 Å². The van der Waals surface area contributed by atoms with E-state index in [0.29, 0.717) is 5.82 Å². The zero-order valence-electron chi connectivity index (χ0n) is 34.0. The van der Waals surface area contributed by atoms with Crippen molar-refractivity contribution in [3.63, 3.8) is 0 Å². The van der Waals surface area contributed by atoms with Gasteiger partial charge in [-0.05, 0) is 94.3 Å². The third-order valence-corrected chi connectivity index (χ3v) is 13.0. The molecular formula is C58H41N4+. The molecule has 0 spiro atoms. The minimum absolute atomic E-state index is 0.524. The second kappa shape index (κ2) is 14.6. The molecule has 0 amide bonds. The molecule has 0 unspecified atom stereocenters. The van der Waals surface area contributed by atoms with Crippen LogP contribution >= 0.6 is 0 Å². The number of aromatic nitrogens is 4. The van der Waals surface area contributed by atoms with Crippen LogP contribution in [-0.4, -0.2) is 14.5 Å². The quantitative estimate of drug-likeness (QED) is 0.161. The lowest BCUT2D eigenvalue weighted by atomic mass is 9.67. The summed E-state index contributed by atoms with van der Waals surface area (Å²) in [4.78, 5) is 14.6. The highest BCUT2D eigenvalue weighted by Gasteiger charge is 2.47. The second-order valence-electron chi connectivity index (χ2n) is 16.3. The van der Waals surface area contributed by atoms with Gasteiger partial charge < -0.3 is 4.57 Å². The van der Waals surface area contributed by atoms with Gasteiger partial charge in [-0.1, -0.05) is 186 Å². The molecule has 2 heterocycles. The number of aromatic amines is 1. The maximum atomic E-state index is 5.45. The van der Waals surface area contributed by atoms with Gasteiger partial charge in [-0.3, -0.25) is 0 Å². The number of nitrogens with one attached hydrogen (secondary N) is 1. The third-order valence-electron chi connectivity index (χ3n) is 13.0. The molecule has 4 heteroatoms. The van der Waals surface area contributed by atoms with Gasteiger partial charge in [0, 0.05) is 27.6 Å². The van der Waals surface area contributed by atoms with Crippen LogP contribution in [0.15, 0.2) is 218 Å². The normalized spacial score (nSPS) is 14.0. The van der Waals surface area contributed by atoms with Crippen molar-refractivity contribution in [2.75, 3.05) is 0 Å². The number of rotatable bonds is 7. The van der Waals surface area contributed by atoms with Gasteiger partial charge >= 0.3 is 5.82 Å². The fraction of sp³-hybridized carbons (Fsp3) is 0.0517. The zero-order valence-corrected chi connectivity index (χ0v) is 34.0. The van der Waals surface area contributed by atoms with Crippen LogP contribution in [-0.2, 0) is 5.41 Å². The average molecular weight is 794 g/mol. The Bertz CT molecular complexity index is 3290. The summed E-state index contributed by atoms with van der Waals surface area (Å²) in [6, 6.07) is 74.3. The van der Waals surface area contributed by atoms with Gasteiger partial charge in [0.15, 0.2) is 0 Å². The molecule has 0 aliphatic heterocycles. The SMILES string of the molecule is C1=C(c2ccccc2)CCC(c2nc(-c3cccc4c3-c3ccccc3C4(c3ccccc3)c3ccccc3)nc(-c3ccc(-n4c5ccccc5c5ccccc54)cc3)[nH+]2)=C1. The van der Waals surface area contributed by atoms with E-state index in [2.05, 4.69) is 228 Å². The van der Waals surface area contributed by atoms with Crippen molar-refractivity contribution in [2.45, 2.75) is 18.3 Å². The summed E-state index contributed by atoms with van der Waals surface area (Å²) < 4.78 is 2.36. The molecule has 0 saturated heterocycles. The highest BCUT2D eigenvalue weighted by molar-refractivity contribution is 6.09. The molecule has 10 aromatic rings. The van der Waals surface area contributed by atoms with Crippen LogP contribution in [0.2, 0.25) is 0 Å². The Balaban J connectivity index is 1.06. The van der Waals surface area contributed by atoms with Gasteiger partial charge in [-0.2, -0.15) is 0 Å².